The van der Waals surface area contributed by atoms with Crippen molar-refractivity contribution < 1.29 is 14.6 Å². The van der Waals surface area contributed by atoms with E-state index in [2.05, 4.69) is 10.6 Å². The minimum absolute atomic E-state index is 0.0395. The summed E-state index contributed by atoms with van der Waals surface area (Å²) in [5, 5.41) is 15.9. The quantitative estimate of drug-likeness (QED) is 0.730. The first kappa shape index (κ1) is 16.1. The summed E-state index contributed by atoms with van der Waals surface area (Å²) in [6, 6.07) is 0.117. The molecular weight excluding hydrogens is 280 g/mol. The van der Waals surface area contributed by atoms with Crippen molar-refractivity contribution in [1.82, 2.24) is 10.6 Å². The van der Waals surface area contributed by atoms with E-state index in [-0.39, 0.29) is 24.1 Å². The first-order valence-electron chi connectivity index (χ1n) is 8.95. The van der Waals surface area contributed by atoms with Gasteiger partial charge in [-0.15, -0.1) is 0 Å². The second kappa shape index (κ2) is 6.36. The number of hydrogen-bond donors (Lipinski definition) is 3. The predicted octanol–water partition coefficient (Wildman–Crippen LogP) is 2.33. The molecule has 0 radical (unpaired) electrons. The van der Waals surface area contributed by atoms with Crippen molar-refractivity contribution in [2.24, 2.45) is 5.41 Å². The van der Waals surface area contributed by atoms with Crippen molar-refractivity contribution in [3.63, 3.8) is 0 Å². The van der Waals surface area contributed by atoms with Gasteiger partial charge in [0.25, 0.3) is 0 Å². The Labute approximate surface area is 133 Å². The fourth-order valence-corrected chi connectivity index (χ4v) is 4.90. The highest BCUT2D eigenvalue weighted by Crippen LogP contribution is 2.54. The average Bonchev–Trinajstić information content (AvgIpc) is 3.17. The maximum atomic E-state index is 12.4. The van der Waals surface area contributed by atoms with Gasteiger partial charge in [0.1, 0.15) is 0 Å². The van der Waals surface area contributed by atoms with Gasteiger partial charge in [-0.2, -0.15) is 0 Å². The van der Waals surface area contributed by atoms with Crippen LogP contribution in [-0.4, -0.2) is 42.0 Å². The Kier molecular flexibility index (Phi) is 4.64. The van der Waals surface area contributed by atoms with Gasteiger partial charge >= 0.3 is 6.03 Å². The Balaban J connectivity index is 1.57. The monoisotopic (exact) mass is 310 g/mol. The number of carbonyl (C=O) groups excluding carboxylic acids is 1. The second-order valence-electron chi connectivity index (χ2n) is 7.42. The third kappa shape index (κ3) is 2.73. The molecule has 3 saturated carbocycles. The van der Waals surface area contributed by atoms with Gasteiger partial charge in [0, 0.05) is 18.1 Å². The smallest absolute Gasteiger partial charge is 0.315 e. The number of aliphatic hydroxyl groups excluding tert-OH is 1. The van der Waals surface area contributed by atoms with Crippen molar-refractivity contribution in [3.05, 3.63) is 0 Å². The predicted molar refractivity (Wildman–Crippen MR) is 84.7 cm³/mol. The molecule has 2 amide bonds. The van der Waals surface area contributed by atoms with E-state index in [1.807, 2.05) is 6.92 Å². The third-order valence-corrected chi connectivity index (χ3v) is 6.23. The topological polar surface area (TPSA) is 70.6 Å². The zero-order chi connectivity index (χ0) is 15.6. The molecule has 3 aliphatic carbocycles. The van der Waals surface area contributed by atoms with E-state index in [0.29, 0.717) is 6.10 Å². The number of carbonyl (C=O) groups is 1. The lowest BCUT2D eigenvalue weighted by Crippen LogP contribution is -2.66. The van der Waals surface area contributed by atoms with Crippen LogP contribution in [0, 0.1) is 5.41 Å². The molecule has 1 spiro atoms. The van der Waals surface area contributed by atoms with Gasteiger partial charge in [0.2, 0.25) is 0 Å². The molecule has 126 valence electrons. The molecule has 5 heteroatoms. The molecule has 3 aliphatic rings. The van der Waals surface area contributed by atoms with Gasteiger partial charge in [-0.05, 0) is 39.0 Å². The van der Waals surface area contributed by atoms with Crippen molar-refractivity contribution >= 4 is 6.03 Å². The Bertz CT molecular complexity index is 401. The van der Waals surface area contributed by atoms with Crippen LogP contribution >= 0.6 is 0 Å². The Morgan fingerprint density at radius 3 is 2.41 bits per heavy atom. The lowest BCUT2D eigenvalue weighted by atomic mass is 9.60. The van der Waals surface area contributed by atoms with E-state index < -0.39 is 5.54 Å². The van der Waals surface area contributed by atoms with Gasteiger partial charge in [0.05, 0.1) is 18.2 Å². The number of aliphatic hydroxyl groups is 1. The summed E-state index contributed by atoms with van der Waals surface area (Å²) in [4.78, 5) is 12.4. The van der Waals surface area contributed by atoms with E-state index in [0.717, 1.165) is 51.6 Å². The van der Waals surface area contributed by atoms with Crippen molar-refractivity contribution in [2.75, 3.05) is 13.2 Å². The maximum Gasteiger partial charge on any atom is 0.315 e. The number of hydrogen-bond acceptors (Lipinski definition) is 3. The van der Waals surface area contributed by atoms with Crippen molar-refractivity contribution in [3.8, 4) is 0 Å². The van der Waals surface area contributed by atoms with Gasteiger partial charge in [-0.25, -0.2) is 4.79 Å². The first-order chi connectivity index (χ1) is 10.6. The number of urea groups is 1. The number of ether oxygens (including phenoxy) is 1. The van der Waals surface area contributed by atoms with Crippen molar-refractivity contribution in [2.45, 2.75) is 82.4 Å². The minimum Gasteiger partial charge on any atom is -0.394 e. The summed E-state index contributed by atoms with van der Waals surface area (Å²) in [6.45, 7) is 2.83. The van der Waals surface area contributed by atoms with E-state index in [1.165, 1.54) is 12.8 Å². The van der Waals surface area contributed by atoms with E-state index >= 15 is 0 Å². The van der Waals surface area contributed by atoms with Crippen LogP contribution in [0.15, 0.2) is 0 Å². The largest absolute Gasteiger partial charge is 0.394 e. The van der Waals surface area contributed by atoms with Gasteiger partial charge in [-0.1, -0.05) is 25.7 Å². The van der Waals surface area contributed by atoms with Crippen LogP contribution in [0.5, 0.6) is 0 Å². The molecule has 0 bridgehead atoms. The molecular formula is C17H30N2O3. The Hall–Kier alpha value is -0.810. The molecule has 3 N–H and O–H groups in total. The lowest BCUT2D eigenvalue weighted by Gasteiger charge is -2.54. The number of nitrogens with one attached hydrogen (secondary N) is 2. The highest BCUT2D eigenvalue weighted by Gasteiger charge is 2.57. The molecule has 0 aliphatic heterocycles. The zero-order valence-corrected chi connectivity index (χ0v) is 13.7. The summed E-state index contributed by atoms with van der Waals surface area (Å²) >= 11 is 0. The van der Waals surface area contributed by atoms with Crippen molar-refractivity contribution in [1.29, 1.82) is 0 Å². The molecule has 0 aromatic heterocycles. The Morgan fingerprint density at radius 2 is 1.82 bits per heavy atom. The molecule has 2 unspecified atom stereocenters. The standard InChI is InChI=1S/C17H30N2O3/c1-2-22-14-11-13(17(14)9-5-6-10-17)18-15(21)19-16(12-20)7-3-4-8-16/h13-14,20H,2-12H2,1H3,(H2,18,19,21). The summed E-state index contributed by atoms with van der Waals surface area (Å²) < 4.78 is 5.89. The van der Waals surface area contributed by atoms with Crippen LogP contribution in [0.25, 0.3) is 0 Å². The highest BCUT2D eigenvalue weighted by molar-refractivity contribution is 5.75. The van der Waals surface area contributed by atoms with E-state index in [9.17, 15) is 9.90 Å². The summed E-state index contributed by atoms with van der Waals surface area (Å²) in [6.07, 6.45) is 9.97. The maximum absolute atomic E-state index is 12.4. The third-order valence-electron chi connectivity index (χ3n) is 6.23. The van der Waals surface area contributed by atoms with E-state index in [4.69, 9.17) is 4.74 Å². The molecule has 2 atom stereocenters. The summed E-state index contributed by atoms with van der Waals surface area (Å²) in [5.74, 6) is 0. The average molecular weight is 310 g/mol. The highest BCUT2D eigenvalue weighted by atomic mass is 16.5. The summed E-state index contributed by atoms with van der Waals surface area (Å²) in [5.41, 5.74) is -0.231. The molecule has 5 nitrogen and oxygen atoms in total. The fraction of sp³-hybridized carbons (Fsp3) is 0.941. The molecule has 22 heavy (non-hydrogen) atoms. The molecule has 3 fully saturated rings. The van der Waals surface area contributed by atoms with Gasteiger partial charge < -0.3 is 20.5 Å². The zero-order valence-electron chi connectivity index (χ0n) is 13.7. The number of amides is 2. The molecule has 0 aromatic carbocycles. The van der Waals surface area contributed by atoms with Crippen LogP contribution in [0.1, 0.15) is 64.7 Å². The second-order valence-corrected chi connectivity index (χ2v) is 7.42. The van der Waals surface area contributed by atoms with Crippen LogP contribution < -0.4 is 10.6 Å². The Morgan fingerprint density at radius 1 is 1.18 bits per heavy atom. The van der Waals surface area contributed by atoms with Crippen LogP contribution in [0.3, 0.4) is 0 Å². The van der Waals surface area contributed by atoms with Gasteiger partial charge in [-0.3, -0.25) is 0 Å². The first-order valence-corrected chi connectivity index (χ1v) is 8.95. The normalized spacial score (nSPS) is 31.9. The molecule has 0 saturated heterocycles. The molecule has 0 aromatic rings. The van der Waals surface area contributed by atoms with E-state index in [1.54, 1.807) is 0 Å². The summed E-state index contributed by atoms with van der Waals surface area (Å²) in [7, 11) is 0. The molecule has 0 heterocycles. The minimum atomic E-state index is -0.393. The molecule has 3 rings (SSSR count). The van der Waals surface area contributed by atoms with Crippen LogP contribution in [-0.2, 0) is 4.74 Å². The van der Waals surface area contributed by atoms with Gasteiger partial charge in [0.15, 0.2) is 0 Å². The SMILES string of the molecule is CCOC1CC(NC(=O)NC2(CO)CCCC2)C12CCCC2. The van der Waals surface area contributed by atoms with Crippen LogP contribution in [0.2, 0.25) is 0 Å². The number of rotatable bonds is 5. The fourth-order valence-electron chi connectivity index (χ4n) is 4.90. The lowest BCUT2D eigenvalue weighted by molar-refractivity contribution is -0.127. The van der Waals surface area contributed by atoms with Crippen LogP contribution in [0.4, 0.5) is 4.79 Å².